The Balaban J connectivity index is 2.57. The van der Waals surface area contributed by atoms with E-state index in [0.29, 0.717) is 0 Å². The summed E-state index contributed by atoms with van der Waals surface area (Å²) in [5.74, 6) is -0.339. The molecule has 14 heavy (non-hydrogen) atoms. The second-order valence-electron chi connectivity index (χ2n) is 3.90. The lowest BCUT2D eigenvalue weighted by Gasteiger charge is -1.98. The molecule has 1 saturated carbocycles. The number of carbonyl (C=O) groups excluding carboxylic acids is 1. The number of rotatable bonds is 3. The average molecular weight is 208 g/mol. The van der Waals surface area contributed by atoms with Gasteiger partial charge in [-0.15, -0.1) is 0 Å². The largest absolute Gasteiger partial charge is 0.463 e. The standard InChI is InChI=1S/C9H11F3O2/c1-8(2)6(7(8)14-5-13)3-4-9(10,11)12/h3-7H,1-2H3/b4-3-/t6-,7+/m0/s1. The first-order valence-corrected chi connectivity index (χ1v) is 4.14. The lowest BCUT2D eigenvalue weighted by Crippen LogP contribution is -2.01. The van der Waals surface area contributed by atoms with Crippen molar-refractivity contribution in [3.05, 3.63) is 12.2 Å². The first-order chi connectivity index (χ1) is 6.29. The lowest BCUT2D eigenvalue weighted by atomic mass is 10.1. The van der Waals surface area contributed by atoms with Gasteiger partial charge in [-0.25, -0.2) is 0 Å². The van der Waals surface area contributed by atoms with Crippen LogP contribution in [0.2, 0.25) is 0 Å². The van der Waals surface area contributed by atoms with E-state index in [1.54, 1.807) is 13.8 Å². The van der Waals surface area contributed by atoms with Crippen LogP contribution in [0.4, 0.5) is 13.2 Å². The summed E-state index contributed by atoms with van der Waals surface area (Å²) in [4.78, 5) is 10.0. The molecule has 2 nitrogen and oxygen atoms in total. The minimum atomic E-state index is -4.30. The van der Waals surface area contributed by atoms with Crippen molar-refractivity contribution in [3.8, 4) is 0 Å². The first-order valence-electron chi connectivity index (χ1n) is 4.14. The van der Waals surface area contributed by atoms with Crippen LogP contribution in [-0.2, 0) is 9.53 Å². The van der Waals surface area contributed by atoms with Crippen molar-refractivity contribution in [1.82, 2.24) is 0 Å². The number of hydrogen-bond acceptors (Lipinski definition) is 2. The second-order valence-corrected chi connectivity index (χ2v) is 3.90. The molecule has 0 unspecified atom stereocenters. The Labute approximate surface area is 79.7 Å². The van der Waals surface area contributed by atoms with E-state index in [9.17, 15) is 18.0 Å². The summed E-state index contributed by atoms with van der Waals surface area (Å²) >= 11 is 0. The van der Waals surface area contributed by atoms with Gasteiger partial charge < -0.3 is 4.74 Å². The Morgan fingerprint density at radius 3 is 2.36 bits per heavy atom. The zero-order valence-electron chi connectivity index (χ0n) is 7.84. The van der Waals surface area contributed by atoms with Crippen molar-refractivity contribution in [3.63, 3.8) is 0 Å². The molecule has 0 spiro atoms. The molecule has 0 saturated heterocycles. The molecule has 0 aromatic carbocycles. The summed E-state index contributed by atoms with van der Waals surface area (Å²) in [5, 5.41) is 0. The Morgan fingerprint density at radius 2 is 1.93 bits per heavy atom. The highest BCUT2D eigenvalue weighted by molar-refractivity contribution is 5.40. The Kier molecular flexibility index (Phi) is 2.61. The van der Waals surface area contributed by atoms with Crippen molar-refractivity contribution in [2.24, 2.45) is 11.3 Å². The molecular weight excluding hydrogens is 197 g/mol. The summed E-state index contributed by atoms with van der Waals surface area (Å²) in [5.41, 5.74) is -0.386. The van der Waals surface area contributed by atoms with Crippen LogP contribution in [0.25, 0.3) is 0 Å². The molecule has 0 amide bonds. The third kappa shape index (κ3) is 2.27. The van der Waals surface area contributed by atoms with Crippen molar-refractivity contribution >= 4 is 6.47 Å². The van der Waals surface area contributed by atoms with Crippen LogP contribution < -0.4 is 0 Å². The molecule has 1 aliphatic rings. The molecule has 0 bridgehead atoms. The number of alkyl halides is 3. The van der Waals surface area contributed by atoms with Gasteiger partial charge in [-0.1, -0.05) is 19.9 Å². The van der Waals surface area contributed by atoms with Gasteiger partial charge in [0.05, 0.1) is 0 Å². The van der Waals surface area contributed by atoms with Gasteiger partial charge in [0.15, 0.2) is 0 Å². The highest BCUT2D eigenvalue weighted by atomic mass is 19.4. The highest BCUT2D eigenvalue weighted by Crippen LogP contribution is 2.54. The molecule has 1 rings (SSSR count). The molecule has 0 aromatic heterocycles. The number of allylic oxidation sites excluding steroid dienone is 1. The monoisotopic (exact) mass is 208 g/mol. The Hall–Kier alpha value is -1.00. The van der Waals surface area contributed by atoms with Gasteiger partial charge in [-0.3, -0.25) is 4.79 Å². The Bertz CT molecular complexity index is 255. The average Bonchev–Trinajstić information content (AvgIpc) is 2.49. The van der Waals surface area contributed by atoms with E-state index in [-0.39, 0.29) is 23.9 Å². The number of halogens is 3. The van der Waals surface area contributed by atoms with Gasteiger partial charge in [0.2, 0.25) is 0 Å². The second kappa shape index (κ2) is 3.29. The van der Waals surface area contributed by atoms with Crippen molar-refractivity contribution in [1.29, 1.82) is 0 Å². The number of hydrogen-bond donors (Lipinski definition) is 0. The van der Waals surface area contributed by atoms with Crippen LogP contribution in [0.15, 0.2) is 12.2 Å². The van der Waals surface area contributed by atoms with Crippen LogP contribution in [0.1, 0.15) is 13.8 Å². The molecule has 0 N–H and O–H groups in total. The van der Waals surface area contributed by atoms with Crippen molar-refractivity contribution < 1.29 is 22.7 Å². The zero-order valence-corrected chi connectivity index (χ0v) is 7.84. The summed E-state index contributed by atoms with van der Waals surface area (Å²) in [7, 11) is 0. The van der Waals surface area contributed by atoms with Gasteiger partial charge in [-0.2, -0.15) is 13.2 Å². The van der Waals surface area contributed by atoms with Crippen LogP contribution in [0.3, 0.4) is 0 Å². The van der Waals surface area contributed by atoms with Crippen LogP contribution in [0.5, 0.6) is 0 Å². The normalized spacial score (nSPS) is 30.4. The van der Waals surface area contributed by atoms with Gasteiger partial charge >= 0.3 is 6.18 Å². The van der Waals surface area contributed by atoms with E-state index in [1.807, 2.05) is 0 Å². The summed E-state index contributed by atoms with van der Waals surface area (Å²) in [6, 6.07) is 0. The third-order valence-electron chi connectivity index (χ3n) is 2.50. The summed E-state index contributed by atoms with van der Waals surface area (Å²) < 4.78 is 40.1. The minimum Gasteiger partial charge on any atom is -0.463 e. The third-order valence-corrected chi connectivity index (χ3v) is 2.50. The number of carbonyl (C=O) groups is 1. The highest BCUT2D eigenvalue weighted by Gasteiger charge is 2.59. The van der Waals surface area contributed by atoms with Crippen molar-refractivity contribution in [2.75, 3.05) is 0 Å². The van der Waals surface area contributed by atoms with E-state index in [1.165, 1.54) is 0 Å². The van der Waals surface area contributed by atoms with Gasteiger partial charge in [0, 0.05) is 17.4 Å². The van der Waals surface area contributed by atoms with Crippen molar-refractivity contribution in [2.45, 2.75) is 26.1 Å². The molecular formula is C9H11F3O2. The Morgan fingerprint density at radius 1 is 1.36 bits per heavy atom. The minimum absolute atomic E-state index is 0.188. The predicted octanol–water partition coefficient (Wildman–Crippen LogP) is 2.30. The van der Waals surface area contributed by atoms with E-state index in [4.69, 9.17) is 0 Å². The predicted molar refractivity (Wildman–Crippen MR) is 43.4 cm³/mol. The van der Waals surface area contributed by atoms with Gasteiger partial charge in [-0.05, 0) is 0 Å². The quantitative estimate of drug-likeness (QED) is 0.525. The molecule has 1 aliphatic carbocycles. The maximum Gasteiger partial charge on any atom is 0.409 e. The summed E-state index contributed by atoms with van der Waals surface area (Å²) in [6.07, 6.45) is -3.50. The molecule has 5 heteroatoms. The molecule has 1 fully saturated rings. The SMILES string of the molecule is CC1(C)[C@H](OC=O)[C@@H]1/C=C\C(F)(F)F. The van der Waals surface area contributed by atoms with E-state index < -0.39 is 12.3 Å². The maximum absolute atomic E-state index is 11.8. The van der Waals surface area contributed by atoms with E-state index in [2.05, 4.69) is 4.74 Å². The van der Waals surface area contributed by atoms with Crippen LogP contribution in [0, 0.1) is 11.3 Å². The fraction of sp³-hybridized carbons (Fsp3) is 0.667. The van der Waals surface area contributed by atoms with E-state index in [0.717, 1.165) is 6.08 Å². The van der Waals surface area contributed by atoms with E-state index >= 15 is 0 Å². The number of ether oxygens (including phenoxy) is 1. The molecule has 80 valence electrons. The lowest BCUT2D eigenvalue weighted by molar-refractivity contribution is -0.130. The topological polar surface area (TPSA) is 26.3 Å². The fourth-order valence-electron chi connectivity index (χ4n) is 1.51. The first kappa shape index (κ1) is 11.1. The van der Waals surface area contributed by atoms with Crippen LogP contribution in [-0.4, -0.2) is 18.8 Å². The smallest absolute Gasteiger partial charge is 0.409 e. The van der Waals surface area contributed by atoms with Gasteiger partial charge in [0.1, 0.15) is 6.10 Å². The molecule has 0 heterocycles. The molecule has 2 atom stereocenters. The maximum atomic E-state index is 11.8. The fourth-order valence-corrected chi connectivity index (χ4v) is 1.51. The summed E-state index contributed by atoms with van der Waals surface area (Å²) in [6.45, 7) is 3.78. The molecule has 0 aliphatic heterocycles. The molecule has 0 aromatic rings. The zero-order chi connectivity index (χ0) is 11.0. The molecule has 0 radical (unpaired) electrons. The van der Waals surface area contributed by atoms with Gasteiger partial charge in [0.25, 0.3) is 6.47 Å². The van der Waals surface area contributed by atoms with Crippen LogP contribution >= 0.6 is 0 Å².